The number of carbonyl (C=O) groups is 3. The number of ether oxygens (including phenoxy) is 1. The number of carbonyl (C=O) groups excluding carboxylic acids is 3. The summed E-state index contributed by atoms with van der Waals surface area (Å²) in [7, 11) is 0. The van der Waals surface area contributed by atoms with Crippen molar-refractivity contribution in [2.75, 3.05) is 17.2 Å². The predicted molar refractivity (Wildman–Crippen MR) is 123 cm³/mol. The first-order chi connectivity index (χ1) is 15.1. The van der Waals surface area contributed by atoms with Gasteiger partial charge >= 0.3 is 6.09 Å². The number of hydrogen-bond donors (Lipinski definition) is 3. The van der Waals surface area contributed by atoms with Gasteiger partial charge in [0, 0.05) is 23.5 Å². The zero-order valence-corrected chi connectivity index (χ0v) is 18.7. The molecule has 1 fully saturated rings. The van der Waals surface area contributed by atoms with Crippen LogP contribution in [-0.4, -0.2) is 41.0 Å². The molecular weight excluding hydrogens is 408 g/mol. The van der Waals surface area contributed by atoms with Gasteiger partial charge in [-0.15, -0.1) is 0 Å². The number of amides is 3. The second-order valence-electron chi connectivity index (χ2n) is 8.89. The molecule has 0 aromatic heterocycles. The van der Waals surface area contributed by atoms with Crippen molar-refractivity contribution in [2.45, 2.75) is 51.8 Å². The number of likely N-dealkylation sites (tertiary alicyclic amines) is 1. The highest BCUT2D eigenvalue weighted by Gasteiger charge is 2.28. The highest BCUT2D eigenvalue weighted by molar-refractivity contribution is 6.04. The Balaban J connectivity index is 1.59. The van der Waals surface area contributed by atoms with E-state index in [0.717, 1.165) is 24.9 Å². The van der Waals surface area contributed by atoms with Gasteiger partial charge in [0.05, 0.1) is 6.04 Å². The van der Waals surface area contributed by atoms with E-state index in [1.54, 1.807) is 45.0 Å². The molecule has 1 aliphatic heterocycles. The first kappa shape index (κ1) is 23.3. The Morgan fingerprint density at radius 2 is 1.78 bits per heavy atom. The maximum Gasteiger partial charge on any atom is 0.412 e. The van der Waals surface area contributed by atoms with Gasteiger partial charge in [-0.3, -0.25) is 19.8 Å². The van der Waals surface area contributed by atoms with Crippen LogP contribution in [0.25, 0.3) is 0 Å². The van der Waals surface area contributed by atoms with E-state index in [0.29, 0.717) is 23.5 Å². The monoisotopic (exact) mass is 438 g/mol. The molecule has 8 heteroatoms. The molecule has 0 spiro atoms. The Morgan fingerprint density at radius 1 is 1.06 bits per heavy atom. The summed E-state index contributed by atoms with van der Waals surface area (Å²) in [6.07, 6.45) is 1.18. The largest absolute Gasteiger partial charge is 0.444 e. The third kappa shape index (κ3) is 6.55. The number of anilines is 2. The Bertz CT molecular complexity index is 982. The van der Waals surface area contributed by atoms with Crippen molar-refractivity contribution in [2.24, 2.45) is 5.73 Å². The Kier molecular flexibility index (Phi) is 7.15. The van der Waals surface area contributed by atoms with Crippen LogP contribution in [0.1, 0.15) is 49.5 Å². The lowest BCUT2D eigenvalue weighted by atomic mass is 10.1. The average molecular weight is 439 g/mol. The van der Waals surface area contributed by atoms with E-state index in [-0.39, 0.29) is 17.9 Å². The number of rotatable bonds is 6. The van der Waals surface area contributed by atoms with Crippen molar-refractivity contribution < 1.29 is 19.1 Å². The molecule has 3 rings (SSSR count). The minimum atomic E-state index is -0.589. The maximum absolute atomic E-state index is 12.6. The zero-order chi connectivity index (χ0) is 23.3. The van der Waals surface area contributed by atoms with Crippen molar-refractivity contribution in [1.29, 1.82) is 0 Å². The highest BCUT2D eigenvalue weighted by atomic mass is 16.6. The number of nitrogens with two attached hydrogens (primary N) is 1. The van der Waals surface area contributed by atoms with Crippen LogP contribution in [0.2, 0.25) is 0 Å². The molecule has 3 amide bonds. The van der Waals surface area contributed by atoms with Gasteiger partial charge in [-0.2, -0.15) is 0 Å². The van der Waals surface area contributed by atoms with Gasteiger partial charge < -0.3 is 15.8 Å². The number of nitrogens with one attached hydrogen (secondary N) is 2. The van der Waals surface area contributed by atoms with Gasteiger partial charge in [0.25, 0.3) is 5.91 Å². The van der Waals surface area contributed by atoms with Crippen LogP contribution in [0, 0.1) is 0 Å². The summed E-state index contributed by atoms with van der Waals surface area (Å²) in [4.78, 5) is 38.2. The molecule has 0 saturated carbocycles. The smallest absolute Gasteiger partial charge is 0.412 e. The average Bonchev–Trinajstić information content (AvgIpc) is 3.15. The molecule has 8 nitrogen and oxygen atoms in total. The molecule has 0 radical (unpaired) electrons. The number of hydrogen-bond acceptors (Lipinski definition) is 5. The second kappa shape index (κ2) is 9.82. The summed E-state index contributed by atoms with van der Waals surface area (Å²) in [5, 5.41) is 5.52. The molecule has 170 valence electrons. The Morgan fingerprint density at radius 3 is 2.44 bits per heavy atom. The zero-order valence-electron chi connectivity index (χ0n) is 18.7. The molecule has 1 saturated heterocycles. The van der Waals surface area contributed by atoms with E-state index >= 15 is 0 Å². The molecule has 1 unspecified atom stereocenters. The van der Waals surface area contributed by atoms with E-state index in [1.807, 2.05) is 24.3 Å². The van der Waals surface area contributed by atoms with Gasteiger partial charge in [-0.25, -0.2) is 4.79 Å². The van der Waals surface area contributed by atoms with Gasteiger partial charge in [0.15, 0.2) is 0 Å². The minimum Gasteiger partial charge on any atom is -0.444 e. The Labute approximate surface area is 188 Å². The predicted octanol–water partition coefficient (Wildman–Crippen LogP) is 3.74. The molecule has 1 heterocycles. The fourth-order valence-corrected chi connectivity index (χ4v) is 3.65. The van der Waals surface area contributed by atoms with Gasteiger partial charge in [-0.05, 0) is 82.1 Å². The first-order valence-corrected chi connectivity index (χ1v) is 10.6. The molecule has 0 bridgehead atoms. The van der Waals surface area contributed by atoms with Crippen LogP contribution in [0.4, 0.5) is 16.2 Å². The van der Waals surface area contributed by atoms with Crippen LogP contribution in [0.15, 0.2) is 48.5 Å². The minimum absolute atomic E-state index is 0.235. The van der Waals surface area contributed by atoms with Crippen molar-refractivity contribution in [1.82, 2.24) is 4.90 Å². The van der Waals surface area contributed by atoms with Gasteiger partial charge in [0.1, 0.15) is 5.60 Å². The van der Waals surface area contributed by atoms with Crippen LogP contribution in [-0.2, 0) is 16.1 Å². The van der Waals surface area contributed by atoms with Gasteiger partial charge in [-0.1, -0.05) is 12.1 Å². The molecule has 4 N–H and O–H groups in total. The van der Waals surface area contributed by atoms with Gasteiger partial charge in [0.2, 0.25) is 5.91 Å². The molecule has 1 aliphatic rings. The number of primary amides is 1. The first-order valence-electron chi connectivity index (χ1n) is 10.6. The summed E-state index contributed by atoms with van der Waals surface area (Å²) < 4.78 is 5.22. The molecular formula is C24H30N4O4. The van der Waals surface area contributed by atoms with Crippen molar-refractivity contribution >= 4 is 29.3 Å². The van der Waals surface area contributed by atoms with Crippen LogP contribution >= 0.6 is 0 Å². The molecule has 2 aromatic carbocycles. The van der Waals surface area contributed by atoms with E-state index < -0.39 is 11.7 Å². The van der Waals surface area contributed by atoms with E-state index in [9.17, 15) is 14.4 Å². The van der Waals surface area contributed by atoms with E-state index in [4.69, 9.17) is 10.5 Å². The second-order valence-corrected chi connectivity index (χ2v) is 8.89. The van der Waals surface area contributed by atoms with Crippen molar-refractivity contribution in [3.63, 3.8) is 0 Å². The van der Waals surface area contributed by atoms with E-state index in [2.05, 4.69) is 15.5 Å². The fraction of sp³-hybridized carbons (Fsp3) is 0.375. The van der Waals surface area contributed by atoms with Crippen LogP contribution in [0.3, 0.4) is 0 Å². The third-order valence-corrected chi connectivity index (χ3v) is 5.05. The number of benzene rings is 2. The van der Waals surface area contributed by atoms with Crippen LogP contribution < -0.4 is 16.4 Å². The topological polar surface area (TPSA) is 114 Å². The molecule has 2 aromatic rings. The lowest BCUT2D eigenvalue weighted by Crippen LogP contribution is -2.39. The molecule has 32 heavy (non-hydrogen) atoms. The summed E-state index contributed by atoms with van der Waals surface area (Å²) in [5.74, 6) is -0.557. The normalized spacial score (nSPS) is 16.4. The lowest BCUT2D eigenvalue weighted by molar-refractivity contribution is -0.122. The standard InChI is InChI=1S/C24H30N4O4/c1-24(2,3)32-23(31)27-18-11-9-17(10-12-18)22(30)26-19-7-4-6-16(14-19)15-28-13-5-8-20(28)21(25)29/h4,6-7,9-12,14,20H,5,8,13,15H2,1-3H3,(H2,25,29)(H,26,30)(H,27,31). The van der Waals surface area contributed by atoms with E-state index in [1.165, 1.54) is 0 Å². The highest BCUT2D eigenvalue weighted by Crippen LogP contribution is 2.22. The summed E-state index contributed by atoms with van der Waals surface area (Å²) >= 11 is 0. The summed E-state index contributed by atoms with van der Waals surface area (Å²) in [6.45, 7) is 6.79. The maximum atomic E-state index is 12.6. The SMILES string of the molecule is CC(C)(C)OC(=O)Nc1ccc(C(=O)Nc2cccc(CN3CCCC3C(N)=O)c2)cc1. The summed E-state index contributed by atoms with van der Waals surface area (Å²) in [5.41, 5.74) is 7.56. The third-order valence-electron chi connectivity index (χ3n) is 5.05. The molecule has 1 atom stereocenters. The number of nitrogens with zero attached hydrogens (tertiary/aromatic N) is 1. The fourth-order valence-electron chi connectivity index (χ4n) is 3.65. The molecule has 0 aliphatic carbocycles. The lowest BCUT2D eigenvalue weighted by Gasteiger charge is -2.22. The van der Waals surface area contributed by atoms with Crippen molar-refractivity contribution in [3.05, 3.63) is 59.7 Å². The quantitative estimate of drug-likeness (QED) is 0.636. The van der Waals surface area contributed by atoms with Crippen LogP contribution in [0.5, 0.6) is 0 Å². The summed E-state index contributed by atoms with van der Waals surface area (Å²) in [6, 6.07) is 13.9. The Hall–Kier alpha value is -3.39. The van der Waals surface area contributed by atoms with Crippen molar-refractivity contribution in [3.8, 4) is 0 Å².